The van der Waals surface area contributed by atoms with Crippen molar-refractivity contribution in [2.45, 2.75) is 45.1 Å². The van der Waals surface area contributed by atoms with Crippen LogP contribution < -0.4 is 5.32 Å². The van der Waals surface area contributed by atoms with Crippen LogP contribution in [-0.2, 0) is 11.2 Å². The van der Waals surface area contributed by atoms with E-state index in [0.717, 1.165) is 69.9 Å². The lowest BCUT2D eigenvalue weighted by Crippen LogP contribution is -2.47. The number of hydrogen-bond donors (Lipinski definition) is 1. The number of aryl methyl sites for hydroxylation is 1. The second-order valence-electron chi connectivity index (χ2n) is 6.50. The molecule has 0 unspecified atom stereocenters. The summed E-state index contributed by atoms with van der Waals surface area (Å²) in [6, 6.07) is 6.82. The van der Waals surface area contributed by atoms with Crippen molar-refractivity contribution in [1.29, 1.82) is 0 Å². The molecule has 0 spiro atoms. The molecule has 0 aliphatic carbocycles. The van der Waals surface area contributed by atoms with E-state index in [4.69, 9.17) is 4.74 Å². The zero-order valence-corrected chi connectivity index (χ0v) is 15.8. The minimum atomic E-state index is -0.365. The third-order valence-electron chi connectivity index (χ3n) is 4.68. The van der Waals surface area contributed by atoms with Gasteiger partial charge in [-0.2, -0.15) is 0 Å². The topological polar surface area (TPSA) is 80.0 Å². The number of unbranched alkanes of at least 4 members (excludes halogenated alkanes) is 1. The Morgan fingerprint density at radius 2 is 2.00 bits per heavy atom. The molecular weight excluding hydrogens is 332 g/mol. The molecule has 0 atom stereocenters. The molecule has 1 aromatic rings. The lowest BCUT2D eigenvalue weighted by Gasteiger charge is -2.34. The maximum absolute atomic E-state index is 10.7. The average molecular weight is 362 g/mol. The van der Waals surface area contributed by atoms with E-state index >= 15 is 0 Å². The number of benzene rings is 1. The predicted molar refractivity (Wildman–Crippen MR) is 104 cm³/mol. The Morgan fingerprint density at radius 3 is 2.58 bits per heavy atom. The first-order valence-corrected chi connectivity index (χ1v) is 9.44. The van der Waals surface area contributed by atoms with Gasteiger partial charge in [0.15, 0.2) is 5.96 Å². The minimum Gasteiger partial charge on any atom is -0.378 e. The number of aliphatic imine (C=N–C) groups is 1. The maximum atomic E-state index is 10.7. The number of guanidine groups is 1. The number of ether oxygens (including phenoxy) is 1. The van der Waals surface area contributed by atoms with Gasteiger partial charge in [0.2, 0.25) is 0 Å². The van der Waals surface area contributed by atoms with Crippen molar-refractivity contribution in [1.82, 2.24) is 10.2 Å². The maximum Gasteiger partial charge on any atom is 0.269 e. The SMILES string of the molecule is CCOC1CCN(C(=NC)NCCCCc2ccc([N+](=O)[O-])cc2)CC1. The highest BCUT2D eigenvalue weighted by Gasteiger charge is 2.21. The summed E-state index contributed by atoms with van der Waals surface area (Å²) in [6.45, 7) is 5.67. The third-order valence-corrected chi connectivity index (χ3v) is 4.68. The first kappa shape index (κ1) is 20.2. The van der Waals surface area contributed by atoms with Crippen LogP contribution in [0, 0.1) is 10.1 Å². The highest BCUT2D eigenvalue weighted by molar-refractivity contribution is 5.79. The molecule has 26 heavy (non-hydrogen) atoms. The summed E-state index contributed by atoms with van der Waals surface area (Å²) in [6.07, 6.45) is 5.48. The Morgan fingerprint density at radius 1 is 1.31 bits per heavy atom. The fraction of sp³-hybridized carbons (Fsp3) is 0.632. The van der Waals surface area contributed by atoms with E-state index in [1.807, 2.05) is 26.1 Å². The molecule has 1 N–H and O–H groups in total. The number of hydrogen-bond acceptors (Lipinski definition) is 4. The van der Waals surface area contributed by atoms with Gasteiger partial charge in [-0.05, 0) is 44.6 Å². The smallest absolute Gasteiger partial charge is 0.269 e. The van der Waals surface area contributed by atoms with Crippen molar-refractivity contribution in [2.75, 3.05) is 33.3 Å². The van der Waals surface area contributed by atoms with Gasteiger partial charge < -0.3 is 15.0 Å². The fourth-order valence-corrected chi connectivity index (χ4v) is 3.24. The van der Waals surface area contributed by atoms with E-state index < -0.39 is 0 Å². The van der Waals surface area contributed by atoms with E-state index in [1.165, 1.54) is 0 Å². The van der Waals surface area contributed by atoms with Crippen LogP contribution in [0.1, 0.15) is 38.2 Å². The van der Waals surface area contributed by atoms with Gasteiger partial charge in [-0.25, -0.2) is 0 Å². The van der Waals surface area contributed by atoms with Crippen molar-refractivity contribution in [3.63, 3.8) is 0 Å². The van der Waals surface area contributed by atoms with Crippen LogP contribution in [-0.4, -0.2) is 55.2 Å². The standard InChI is InChI=1S/C19H30N4O3/c1-3-26-18-11-14-22(15-12-18)19(20-2)21-13-5-4-6-16-7-9-17(10-8-16)23(24)25/h7-10,18H,3-6,11-15H2,1-2H3,(H,20,21). The van der Waals surface area contributed by atoms with Crippen LogP contribution >= 0.6 is 0 Å². The summed E-state index contributed by atoms with van der Waals surface area (Å²) in [7, 11) is 1.83. The van der Waals surface area contributed by atoms with Gasteiger partial charge in [0.1, 0.15) is 0 Å². The van der Waals surface area contributed by atoms with Crippen LogP contribution in [0.4, 0.5) is 5.69 Å². The van der Waals surface area contributed by atoms with E-state index in [2.05, 4.69) is 15.2 Å². The van der Waals surface area contributed by atoms with Gasteiger partial charge in [-0.1, -0.05) is 12.1 Å². The number of non-ortho nitro benzene ring substituents is 1. The number of nitro benzene ring substituents is 1. The Balaban J connectivity index is 1.64. The van der Waals surface area contributed by atoms with E-state index in [-0.39, 0.29) is 10.6 Å². The number of rotatable bonds is 8. The van der Waals surface area contributed by atoms with E-state index in [0.29, 0.717) is 6.10 Å². The summed E-state index contributed by atoms with van der Waals surface area (Å²) in [5, 5.41) is 14.1. The van der Waals surface area contributed by atoms with E-state index in [9.17, 15) is 10.1 Å². The zero-order valence-electron chi connectivity index (χ0n) is 15.8. The summed E-state index contributed by atoms with van der Waals surface area (Å²) in [5.74, 6) is 0.968. The van der Waals surface area contributed by atoms with Gasteiger partial charge >= 0.3 is 0 Å². The Bertz CT molecular complexity index is 581. The van der Waals surface area contributed by atoms with Crippen LogP contribution in [0.25, 0.3) is 0 Å². The largest absolute Gasteiger partial charge is 0.378 e. The molecule has 1 saturated heterocycles. The molecule has 0 radical (unpaired) electrons. The Labute approximate surface area is 155 Å². The number of piperidine rings is 1. The van der Waals surface area contributed by atoms with Gasteiger partial charge in [-0.15, -0.1) is 0 Å². The molecule has 2 rings (SSSR count). The number of likely N-dealkylation sites (tertiary alicyclic amines) is 1. The number of nitrogens with one attached hydrogen (secondary N) is 1. The lowest BCUT2D eigenvalue weighted by molar-refractivity contribution is -0.384. The highest BCUT2D eigenvalue weighted by Crippen LogP contribution is 2.15. The zero-order chi connectivity index (χ0) is 18.8. The Hall–Kier alpha value is -2.15. The fourth-order valence-electron chi connectivity index (χ4n) is 3.24. The van der Waals surface area contributed by atoms with Crippen molar-refractivity contribution in [3.05, 3.63) is 39.9 Å². The molecule has 1 aromatic carbocycles. The summed E-state index contributed by atoms with van der Waals surface area (Å²) in [4.78, 5) is 17.0. The van der Waals surface area contributed by atoms with Crippen LogP contribution in [0.5, 0.6) is 0 Å². The second-order valence-corrected chi connectivity index (χ2v) is 6.50. The monoisotopic (exact) mass is 362 g/mol. The molecule has 0 bridgehead atoms. The molecule has 0 aromatic heterocycles. The summed E-state index contributed by atoms with van der Waals surface area (Å²) < 4.78 is 5.70. The first-order valence-electron chi connectivity index (χ1n) is 9.44. The molecule has 1 fully saturated rings. The summed E-state index contributed by atoms with van der Waals surface area (Å²) in [5.41, 5.74) is 1.28. The average Bonchev–Trinajstić information content (AvgIpc) is 2.66. The molecule has 1 aliphatic heterocycles. The highest BCUT2D eigenvalue weighted by atomic mass is 16.6. The number of nitrogens with zero attached hydrogens (tertiary/aromatic N) is 3. The van der Waals surface area contributed by atoms with Crippen LogP contribution in [0.2, 0.25) is 0 Å². The van der Waals surface area contributed by atoms with Gasteiger partial charge in [-0.3, -0.25) is 15.1 Å². The second kappa shape index (κ2) is 10.8. The minimum absolute atomic E-state index is 0.146. The van der Waals surface area contributed by atoms with E-state index in [1.54, 1.807) is 12.1 Å². The molecule has 1 aliphatic rings. The molecule has 0 amide bonds. The first-order chi connectivity index (χ1) is 12.6. The normalized spacial score (nSPS) is 15.9. The van der Waals surface area contributed by atoms with Gasteiger partial charge in [0.05, 0.1) is 11.0 Å². The predicted octanol–water partition coefficient (Wildman–Crippen LogP) is 2.99. The van der Waals surface area contributed by atoms with Crippen LogP contribution in [0.3, 0.4) is 0 Å². The third kappa shape index (κ3) is 6.29. The quantitative estimate of drug-likeness (QED) is 0.253. The molecule has 144 valence electrons. The summed E-state index contributed by atoms with van der Waals surface area (Å²) >= 11 is 0. The molecule has 1 heterocycles. The lowest BCUT2D eigenvalue weighted by atomic mass is 10.1. The molecular formula is C19H30N4O3. The van der Waals surface area contributed by atoms with Crippen LogP contribution in [0.15, 0.2) is 29.3 Å². The molecule has 0 saturated carbocycles. The van der Waals surface area contributed by atoms with Crippen molar-refractivity contribution < 1.29 is 9.66 Å². The number of nitro groups is 1. The van der Waals surface area contributed by atoms with Crippen molar-refractivity contribution in [2.24, 2.45) is 4.99 Å². The van der Waals surface area contributed by atoms with Crippen molar-refractivity contribution >= 4 is 11.6 Å². The van der Waals surface area contributed by atoms with Crippen molar-refractivity contribution in [3.8, 4) is 0 Å². The van der Waals surface area contributed by atoms with Gasteiger partial charge in [0, 0.05) is 45.4 Å². The Kier molecular flexibility index (Phi) is 8.34. The molecule has 7 nitrogen and oxygen atoms in total. The molecule has 7 heteroatoms. The van der Waals surface area contributed by atoms with Gasteiger partial charge in [0.25, 0.3) is 5.69 Å².